The van der Waals surface area contributed by atoms with Crippen molar-refractivity contribution < 1.29 is 39.0 Å². The molecule has 0 saturated carbocycles. The summed E-state index contributed by atoms with van der Waals surface area (Å²) in [7, 11) is 2.97. The number of nitrogens with one attached hydrogen (secondary N) is 2. The molecule has 0 fully saturated rings. The molecular weight excluding hydrogens is 868 g/mol. The van der Waals surface area contributed by atoms with Gasteiger partial charge in [0.05, 0.1) is 44.2 Å². The van der Waals surface area contributed by atoms with Crippen LogP contribution in [-0.4, -0.2) is 93.7 Å². The zero-order valence-corrected chi connectivity index (χ0v) is 30.9. The van der Waals surface area contributed by atoms with Crippen molar-refractivity contribution in [2.24, 2.45) is 10.3 Å². The third kappa shape index (κ3) is 6.87. The average Bonchev–Trinajstić information content (AvgIpc) is 3.78. The van der Waals surface area contributed by atoms with Gasteiger partial charge in [0.15, 0.2) is 11.2 Å². The number of imidazole rings is 1. The number of halogens is 4. The normalized spacial score (nSPS) is 27.1. The number of aliphatic hydroxyl groups excluding tert-OH is 2. The van der Waals surface area contributed by atoms with Crippen molar-refractivity contribution >= 4 is 87.0 Å². The van der Waals surface area contributed by atoms with Gasteiger partial charge in [-0.1, -0.05) is 10.3 Å². The van der Waals surface area contributed by atoms with Crippen LogP contribution in [0.2, 0.25) is 0 Å². The van der Waals surface area contributed by atoms with Crippen molar-refractivity contribution in [3.63, 3.8) is 0 Å². The van der Waals surface area contributed by atoms with Crippen LogP contribution in [-0.2, 0) is 41.7 Å². The Morgan fingerprint density at radius 2 is 1.41 bits per heavy atom. The highest BCUT2D eigenvalue weighted by atomic mass is 79.9. The van der Waals surface area contributed by atoms with Gasteiger partial charge in [-0.05, 0) is 82.3 Å². The molecule has 5 rings (SSSR count). The molecule has 2 aliphatic carbocycles. The smallest absolute Gasteiger partial charge is 0.269 e. The predicted octanol–water partition coefficient (Wildman–Crippen LogP) is 2.89. The van der Waals surface area contributed by atoms with Gasteiger partial charge >= 0.3 is 0 Å². The molecule has 2 aliphatic heterocycles. The number of hydrogen-bond donors (Lipinski definition) is 4. The van der Waals surface area contributed by atoms with E-state index in [9.17, 15) is 19.8 Å². The molecule has 0 aromatic carbocycles. The van der Waals surface area contributed by atoms with Gasteiger partial charge < -0.3 is 44.6 Å². The number of hydrogen-bond acceptors (Lipinski definition) is 11. The predicted molar refractivity (Wildman–Crippen MR) is 180 cm³/mol. The van der Waals surface area contributed by atoms with E-state index in [-0.39, 0.29) is 30.2 Å². The summed E-state index contributed by atoms with van der Waals surface area (Å²) in [6.45, 7) is 1.32. The number of aliphatic hydroxyl groups is 2. The van der Waals surface area contributed by atoms with Crippen LogP contribution in [0.25, 0.3) is 0 Å². The monoisotopic (exact) mass is 894 g/mol. The molecule has 0 saturated heterocycles. The first-order valence-corrected chi connectivity index (χ1v) is 17.2. The van der Waals surface area contributed by atoms with E-state index >= 15 is 0 Å². The summed E-state index contributed by atoms with van der Waals surface area (Å²) in [5.74, 6) is 0.110. The lowest BCUT2D eigenvalue weighted by molar-refractivity contribution is -0.115. The standard InChI is InChI=1S/C28H30Br4N6O8/c1-43-21-15(29)8-27(23(39)19(21)31)10-17(36-45-27)25(41)33-5-3-7-38-12-14(35-13-38)4-6-34-26(42)18-11-28(46-37-18)9-16(30)22(44-2)20(32)24(28)40/h8-9,12-13,23-24,39-40H,3-7,10-11H2,1-2H3,(H,33,41)(H,34,42)/t23-,24-,27+,28+/m0/s1. The Morgan fingerprint density at radius 1 is 0.913 bits per heavy atom. The van der Waals surface area contributed by atoms with Crippen molar-refractivity contribution in [1.82, 2.24) is 20.2 Å². The Hall–Kier alpha value is -2.51. The van der Waals surface area contributed by atoms with Crippen LogP contribution in [0.1, 0.15) is 25.0 Å². The average molecular weight is 898 g/mol. The molecule has 0 radical (unpaired) electrons. The third-order valence-electron chi connectivity index (χ3n) is 7.72. The molecule has 4 aliphatic rings. The lowest BCUT2D eigenvalue weighted by Crippen LogP contribution is -2.45. The molecule has 2 amide bonds. The van der Waals surface area contributed by atoms with Crippen LogP contribution < -0.4 is 10.6 Å². The zero-order valence-electron chi connectivity index (χ0n) is 24.6. The molecule has 4 atom stereocenters. The van der Waals surface area contributed by atoms with Gasteiger partial charge in [-0.2, -0.15) is 0 Å². The lowest BCUT2D eigenvalue weighted by Gasteiger charge is -2.33. The van der Waals surface area contributed by atoms with E-state index in [0.717, 1.165) is 5.69 Å². The minimum Gasteiger partial charge on any atom is -0.495 e. The molecule has 248 valence electrons. The Balaban J connectivity index is 1.01. The summed E-state index contributed by atoms with van der Waals surface area (Å²) in [6.07, 6.45) is 5.95. The van der Waals surface area contributed by atoms with Crippen LogP contribution in [0.5, 0.6) is 0 Å². The molecule has 18 heteroatoms. The second-order valence-corrected chi connectivity index (χ2v) is 14.2. The number of aryl methyl sites for hydroxylation is 1. The summed E-state index contributed by atoms with van der Waals surface area (Å²) >= 11 is 13.5. The van der Waals surface area contributed by atoms with E-state index in [0.29, 0.717) is 61.9 Å². The van der Waals surface area contributed by atoms with Gasteiger partial charge in [0.1, 0.15) is 35.1 Å². The van der Waals surface area contributed by atoms with Crippen LogP contribution in [0.4, 0.5) is 0 Å². The molecule has 1 aromatic rings. The molecule has 4 N–H and O–H groups in total. The van der Waals surface area contributed by atoms with Crippen LogP contribution >= 0.6 is 63.7 Å². The van der Waals surface area contributed by atoms with Crippen molar-refractivity contribution in [3.8, 4) is 0 Å². The Labute approximate surface area is 297 Å². The van der Waals surface area contributed by atoms with Crippen LogP contribution in [0.15, 0.2) is 64.4 Å². The van der Waals surface area contributed by atoms with Crippen LogP contribution in [0, 0.1) is 0 Å². The summed E-state index contributed by atoms with van der Waals surface area (Å²) in [5, 5.41) is 35.1. The van der Waals surface area contributed by atoms with Gasteiger partial charge in [0.2, 0.25) is 0 Å². The van der Waals surface area contributed by atoms with E-state index in [2.05, 4.69) is 89.6 Å². The number of allylic oxidation sites excluding steroid dienone is 2. The first kappa shape index (κ1) is 34.8. The number of carbonyl (C=O) groups is 2. The summed E-state index contributed by atoms with van der Waals surface area (Å²) in [4.78, 5) is 40.9. The van der Waals surface area contributed by atoms with E-state index in [4.69, 9.17) is 19.1 Å². The highest BCUT2D eigenvalue weighted by Crippen LogP contribution is 2.45. The maximum Gasteiger partial charge on any atom is 0.269 e. The minimum atomic E-state index is -1.22. The summed E-state index contributed by atoms with van der Waals surface area (Å²) in [6, 6.07) is 0. The Morgan fingerprint density at radius 3 is 1.91 bits per heavy atom. The maximum atomic E-state index is 12.8. The van der Waals surface area contributed by atoms with Gasteiger partial charge in [0.25, 0.3) is 11.8 Å². The summed E-state index contributed by atoms with van der Waals surface area (Å²) < 4.78 is 14.4. The van der Waals surface area contributed by atoms with Gasteiger partial charge in [0, 0.05) is 45.1 Å². The Kier molecular flexibility index (Phi) is 10.8. The number of methoxy groups -OCH3 is 2. The number of amides is 2. The van der Waals surface area contributed by atoms with Crippen LogP contribution in [0.3, 0.4) is 0 Å². The third-order valence-corrected chi connectivity index (χ3v) is 10.5. The van der Waals surface area contributed by atoms with Gasteiger partial charge in [-0.25, -0.2) is 4.98 Å². The number of aromatic nitrogens is 2. The quantitative estimate of drug-likeness (QED) is 0.244. The SMILES string of the molecule is COC1=C(Br)[C@H](O)[C@@]2(C=C1Br)CC(C(=O)NCCCn1cnc(CCNC(=O)C3=NO[C@]4(C=C(Br)C(OC)=C(Br)[C@@H]4O)C3)c1)=NO2. The molecule has 46 heavy (non-hydrogen) atoms. The molecule has 0 unspecified atom stereocenters. The fourth-order valence-corrected chi connectivity index (χ4v) is 8.85. The fourth-order valence-electron chi connectivity index (χ4n) is 5.27. The zero-order chi connectivity index (χ0) is 33.2. The van der Waals surface area contributed by atoms with Crippen molar-refractivity contribution in [2.45, 2.75) is 55.6 Å². The number of ether oxygens (including phenoxy) is 2. The van der Waals surface area contributed by atoms with Gasteiger partial charge in [-0.3, -0.25) is 9.59 Å². The number of nitrogens with zero attached hydrogens (tertiary/aromatic N) is 4. The molecule has 2 spiro atoms. The second kappa shape index (κ2) is 14.3. The number of oxime groups is 2. The topological polar surface area (TPSA) is 178 Å². The van der Waals surface area contributed by atoms with E-state index in [1.54, 1.807) is 18.5 Å². The van der Waals surface area contributed by atoms with Gasteiger partial charge in [-0.15, -0.1) is 0 Å². The van der Waals surface area contributed by atoms with Crippen molar-refractivity contribution in [3.05, 3.63) is 59.8 Å². The lowest BCUT2D eigenvalue weighted by atomic mass is 9.87. The van der Waals surface area contributed by atoms with Crippen molar-refractivity contribution in [2.75, 3.05) is 27.3 Å². The molecular formula is C28H30Br4N6O8. The number of rotatable bonds is 11. The van der Waals surface area contributed by atoms with Crippen molar-refractivity contribution in [1.29, 1.82) is 0 Å². The maximum absolute atomic E-state index is 12.8. The van der Waals surface area contributed by atoms with E-state index in [1.165, 1.54) is 14.2 Å². The number of carbonyl (C=O) groups excluding carboxylic acids is 2. The second-order valence-electron chi connectivity index (χ2n) is 10.8. The summed E-state index contributed by atoms with van der Waals surface area (Å²) in [5.41, 5.74) is -1.31. The Bertz CT molecular complexity index is 1600. The molecule has 1 aromatic heterocycles. The fraction of sp³-hybridized carbons (Fsp3) is 0.464. The largest absolute Gasteiger partial charge is 0.495 e. The highest BCUT2D eigenvalue weighted by Gasteiger charge is 2.51. The van der Waals surface area contributed by atoms with E-state index < -0.39 is 29.3 Å². The minimum absolute atomic E-state index is 0.0781. The first-order valence-electron chi connectivity index (χ1n) is 14.0. The molecule has 3 heterocycles. The molecule has 14 nitrogen and oxygen atoms in total. The van der Waals surface area contributed by atoms with E-state index in [1.807, 2.05) is 10.8 Å². The highest BCUT2D eigenvalue weighted by molar-refractivity contribution is 9.12. The molecule has 0 bridgehead atoms. The first-order chi connectivity index (χ1) is 21.9.